The maximum atomic E-state index is 13.6. The van der Waals surface area contributed by atoms with Crippen molar-refractivity contribution >= 4 is 21.7 Å². The van der Waals surface area contributed by atoms with E-state index in [1.54, 1.807) is 13.8 Å². The predicted octanol–water partition coefficient (Wildman–Crippen LogP) is 4.73. The number of rotatable bonds is 4. The Bertz CT molecular complexity index is 633. The van der Waals surface area contributed by atoms with Gasteiger partial charge in [0.15, 0.2) is 0 Å². The van der Waals surface area contributed by atoms with Crippen LogP contribution in [0.25, 0.3) is 0 Å². The average molecular weight is 352 g/mol. The molecule has 2 rings (SSSR count). The Morgan fingerprint density at radius 3 is 2.33 bits per heavy atom. The summed E-state index contributed by atoms with van der Waals surface area (Å²) in [6.07, 6.45) is 0. The highest BCUT2D eigenvalue weighted by atomic mass is 79.9. The smallest absolute Gasteiger partial charge is 0.134 e. The number of halogens is 2. The second-order valence-corrected chi connectivity index (χ2v) is 6.30. The van der Waals surface area contributed by atoms with E-state index < -0.39 is 0 Å². The lowest BCUT2D eigenvalue weighted by atomic mass is 10.1. The molecule has 1 aromatic heterocycles. The zero-order chi connectivity index (χ0) is 15.6. The van der Waals surface area contributed by atoms with Crippen molar-refractivity contribution in [1.82, 2.24) is 9.97 Å². The van der Waals surface area contributed by atoms with E-state index in [0.717, 1.165) is 21.8 Å². The first-order valence-electron chi connectivity index (χ1n) is 6.90. The van der Waals surface area contributed by atoms with E-state index in [1.807, 2.05) is 18.2 Å². The molecule has 0 radical (unpaired) electrons. The molecule has 1 aromatic carbocycles. The fraction of sp³-hybridized carbons (Fsp3) is 0.375. The van der Waals surface area contributed by atoms with Crippen molar-refractivity contribution in [2.45, 2.75) is 40.2 Å². The largest absolute Gasteiger partial charge is 0.366 e. The SMILES string of the molecule is Cc1cc(CNc2cc(Br)nc(C(C)C)n2)cc(C)c1F. The number of aromatic nitrogens is 2. The van der Waals surface area contributed by atoms with Crippen molar-refractivity contribution in [2.24, 2.45) is 0 Å². The van der Waals surface area contributed by atoms with Gasteiger partial charge in [-0.15, -0.1) is 0 Å². The minimum absolute atomic E-state index is 0.134. The van der Waals surface area contributed by atoms with E-state index in [4.69, 9.17) is 0 Å². The molecule has 5 heteroatoms. The van der Waals surface area contributed by atoms with Crippen LogP contribution in [0.2, 0.25) is 0 Å². The zero-order valence-corrected chi connectivity index (χ0v) is 14.3. The van der Waals surface area contributed by atoms with Gasteiger partial charge in [0, 0.05) is 18.5 Å². The first-order chi connectivity index (χ1) is 9.86. The molecule has 0 spiro atoms. The third-order valence-corrected chi connectivity index (χ3v) is 3.60. The van der Waals surface area contributed by atoms with E-state index in [2.05, 4.69) is 45.1 Å². The molecule has 1 N–H and O–H groups in total. The summed E-state index contributed by atoms with van der Waals surface area (Å²) in [6.45, 7) is 8.27. The molecule has 0 unspecified atom stereocenters. The van der Waals surface area contributed by atoms with Crippen molar-refractivity contribution in [3.63, 3.8) is 0 Å². The molecule has 0 saturated carbocycles. The highest BCUT2D eigenvalue weighted by Crippen LogP contribution is 2.19. The van der Waals surface area contributed by atoms with Gasteiger partial charge in [-0.2, -0.15) is 0 Å². The molecule has 0 aliphatic heterocycles. The monoisotopic (exact) mass is 351 g/mol. The van der Waals surface area contributed by atoms with Gasteiger partial charge in [0.25, 0.3) is 0 Å². The van der Waals surface area contributed by atoms with E-state index in [9.17, 15) is 4.39 Å². The maximum Gasteiger partial charge on any atom is 0.134 e. The van der Waals surface area contributed by atoms with Gasteiger partial charge in [-0.05, 0) is 46.5 Å². The van der Waals surface area contributed by atoms with Gasteiger partial charge < -0.3 is 5.32 Å². The van der Waals surface area contributed by atoms with E-state index in [-0.39, 0.29) is 11.7 Å². The molecule has 0 amide bonds. The van der Waals surface area contributed by atoms with E-state index in [0.29, 0.717) is 17.7 Å². The average Bonchev–Trinajstić information content (AvgIpc) is 2.41. The Balaban J connectivity index is 2.16. The van der Waals surface area contributed by atoms with Crippen LogP contribution in [0.4, 0.5) is 10.2 Å². The summed E-state index contributed by atoms with van der Waals surface area (Å²) in [5.41, 5.74) is 2.37. The zero-order valence-electron chi connectivity index (χ0n) is 12.7. The Labute approximate surface area is 133 Å². The van der Waals surface area contributed by atoms with Crippen LogP contribution < -0.4 is 5.32 Å². The van der Waals surface area contributed by atoms with Crippen LogP contribution in [0.5, 0.6) is 0 Å². The molecule has 0 saturated heterocycles. The van der Waals surface area contributed by atoms with Crippen LogP contribution in [0, 0.1) is 19.7 Å². The minimum atomic E-state index is -0.134. The van der Waals surface area contributed by atoms with Crippen LogP contribution in [-0.4, -0.2) is 9.97 Å². The van der Waals surface area contributed by atoms with Gasteiger partial charge in [-0.25, -0.2) is 14.4 Å². The number of hydrogen-bond acceptors (Lipinski definition) is 3. The lowest BCUT2D eigenvalue weighted by Gasteiger charge is -2.11. The predicted molar refractivity (Wildman–Crippen MR) is 87.0 cm³/mol. The van der Waals surface area contributed by atoms with Crippen LogP contribution in [-0.2, 0) is 6.54 Å². The molecule has 3 nitrogen and oxygen atoms in total. The number of benzene rings is 1. The molecule has 2 aromatic rings. The van der Waals surface area contributed by atoms with Crippen molar-refractivity contribution in [1.29, 1.82) is 0 Å². The Morgan fingerprint density at radius 2 is 1.76 bits per heavy atom. The van der Waals surface area contributed by atoms with Crippen LogP contribution in [0.3, 0.4) is 0 Å². The molecule has 0 bridgehead atoms. The summed E-state index contributed by atoms with van der Waals surface area (Å²) < 4.78 is 14.4. The van der Waals surface area contributed by atoms with Gasteiger partial charge in [0.2, 0.25) is 0 Å². The maximum absolute atomic E-state index is 13.6. The Kier molecular flexibility index (Phi) is 4.93. The summed E-state index contributed by atoms with van der Waals surface area (Å²) >= 11 is 3.40. The highest BCUT2D eigenvalue weighted by molar-refractivity contribution is 9.10. The fourth-order valence-corrected chi connectivity index (χ4v) is 2.51. The van der Waals surface area contributed by atoms with Gasteiger partial charge in [-0.3, -0.25) is 0 Å². The molecular weight excluding hydrogens is 333 g/mol. The van der Waals surface area contributed by atoms with Crippen molar-refractivity contribution < 1.29 is 4.39 Å². The number of nitrogens with one attached hydrogen (secondary N) is 1. The topological polar surface area (TPSA) is 37.8 Å². The molecule has 0 aliphatic rings. The number of hydrogen-bond donors (Lipinski definition) is 1. The highest BCUT2D eigenvalue weighted by Gasteiger charge is 2.08. The number of nitrogens with zero attached hydrogens (tertiary/aromatic N) is 2. The summed E-state index contributed by atoms with van der Waals surface area (Å²) in [5, 5.41) is 3.27. The lowest BCUT2D eigenvalue weighted by Crippen LogP contribution is -2.06. The van der Waals surface area contributed by atoms with Gasteiger partial charge in [-0.1, -0.05) is 26.0 Å². The third-order valence-electron chi connectivity index (χ3n) is 3.20. The first-order valence-corrected chi connectivity index (χ1v) is 7.70. The normalized spacial score (nSPS) is 11.0. The standard InChI is InChI=1S/C16H19BrFN3/c1-9(2)16-20-13(17)7-14(21-16)19-8-12-5-10(3)15(18)11(4)6-12/h5-7,9H,8H2,1-4H3,(H,19,20,21). The van der Waals surface area contributed by atoms with Crippen molar-refractivity contribution in [3.05, 3.63) is 51.1 Å². The van der Waals surface area contributed by atoms with Crippen LogP contribution >= 0.6 is 15.9 Å². The molecular formula is C16H19BrFN3. The molecule has 21 heavy (non-hydrogen) atoms. The Hall–Kier alpha value is -1.49. The summed E-state index contributed by atoms with van der Waals surface area (Å²) in [4.78, 5) is 8.83. The molecule has 112 valence electrons. The molecule has 0 aliphatic carbocycles. The van der Waals surface area contributed by atoms with Gasteiger partial charge in [0.05, 0.1) is 0 Å². The van der Waals surface area contributed by atoms with Crippen molar-refractivity contribution in [3.8, 4) is 0 Å². The number of anilines is 1. The minimum Gasteiger partial charge on any atom is -0.366 e. The second kappa shape index (κ2) is 6.52. The summed E-state index contributed by atoms with van der Waals surface area (Å²) in [6, 6.07) is 5.55. The van der Waals surface area contributed by atoms with Gasteiger partial charge >= 0.3 is 0 Å². The summed E-state index contributed by atoms with van der Waals surface area (Å²) in [7, 11) is 0. The molecule has 0 atom stereocenters. The lowest BCUT2D eigenvalue weighted by molar-refractivity contribution is 0.608. The second-order valence-electron chi connectivity index (χ2n) is 5.49. The van der Waals surface area contributed by atoms with Crippen LogP contribution in [0.15, 0.2) is 22.8 Å². The first kappa shape index (κ1) is 15.9. The van der Waals surface area contributed by atoms with Crippen molar-refractivity contribution in [2.75, 3.05) is 5.32 Å². The van der Waals surface area contributed by atoms with E-state index in [1.165, 1.54) is 0 Å². The quantitative estimate of drug-likeness (QED) is 0.809. The molecule has 1 heterocycles. The molecule has 0 fully saturated rings. The van der Waals surface area contributed by atoms with E-state index >= 15 is 0 Å². The van der Waals surface area contributed by atoms with Gasteiger partial charge in [0.1, 0.15) is 22.1 Å². The summed E-state index contributed by atoms with van der Waals surface area (Å²) in [5.74, 6) is 1.68. The fourth-order valence-electron chi connectivity index (χ4n) is 2.11. The van der Waals surface area contributed by atoms with Crippen LogP contribution in [0.1, 0.15) is 42.3 Å². The Morgan fingerprint density at radius 1 is 1.14 bits per heavy atom. The number of aryl methyl sites for hydroxylation is 2. The third kappa shape index (κ3) is 4.00.